The number of benzene rings is 2. The average Bonchev–Trinajstić information content (AvgIpc) is 3.65. The summed E-state index contributed by atoms with van der Waals surface area (Å²) < 4.78 is 39.2. The minimum absolute atomic E-state index is 0.156. The molecule has 1 N–H and O–H groups in total. The van der Waals surface area contributed by atoms with Gasteiger partial charge in [0, 0.05) is 38.8 Å². The molecule has 3 heterocycles. The molecule has 2 amide bonds. The number of ether oxygens (including phenoxy) is 2. The van der Waals surface area contributed by atoms with Crippen LogP contribution in [0.2, 0.25) is 0 Å². The average molecular weight is 639 g/mol. The van der Waals surface area contributed by atoms with E-state index in [0.29, 0.717) is 47.1 Å². The van der Waals surface area contributed by atoms with Crippen LogP contribution in [0.3, 0.4) is 0 Å². The van der Waals surface area contributed by atoms with Crippen LogP contribution in [0.1, 0.15) is 64.4 Å². The van der Waals surface area contributed by atoms with E-state index in [2.05, 4.69) is 14.5 Å². The molecule has 2 fully saturated rings. The maximum atomic E-state index is 14.2. The summed E-state index contributed by atoms with van der Waals surface area (Å²) in [6.45, 7) is 3.64. The molecule has 2 aromatic carbocycles. The van der Waals surface area contributed by atoms with Crippen LogP contribution in [0.25, 0.3) is 0 Å². The number of amides is 2. The molecule has 1 aliphatic carbocycles. The number of nitrogens with one attached hydrogen (secondary N) is 1. The van der Waals surface area contributed by atoms with Crippen LogP contribution in [-0.2, 0) is 10.0 Å². The Morgan fingerprint density at radius 3 is 2.39 bits per heavy atom. The van der Waals surface area contributed by atoms with Gasteiger partial charge in [0.15, 0.2) is 11.5 Å². The molecule has 234 valence electrons. The van der Waals surface area contributed by atoms with E-state index in [1.807, 2.05) is 18.2 Å². The van der Waals surface area contributed by atoms with Crippen molar-refractivity contribution in [2.24, 2.45) is 0 Å². The molecule has 3 aromatic rings. The Morgan fingerprint density at radius 2 is 1.73 bits per heavy atom. The van der Waals surface area contributed by atoms with Crippen LogP contribution in [0.5, 0.6) is 11.5 Å². The highest BCUT2D eigenvalue weighted by Gasteiger charge is 2.43. The van der Waals surface area contributed by atoms with Crippen molar-refractivity contribution in [2.75, 3.05) is 51.8 Å². The van der Waals surface area contributed by atoms with Gasteiger partial charge in [0.1, 0.15) is 4.21 Å². The number of hydrogen-bond donors (Lipinski definition) is 1. The van der Waals surface area contributed by atoms with Crippen molar-refractivity contribution < 1.29 is 27.5 Å². The number of carbonyl (C=O) groups is 2. The number of fused-ring (bicyclic) bond motifs is 1. The predicted octanol–water partition coefficient (Wildman–Crippen LogP) is 4.54. The highest BCUT2D eigenvalue weighted by Crippen LogP contribution is 2.40. The molecule has 44 heavy (non-hydrogen) atoms. The number of methoxy groups -OCH3 is 2. The zero-order valence-electron chi connectivity index (χ0n) is 25.0. The molecule has 1 atom stereocenters. The molecule has 1 aromatic heterocycles. The third kappa shape index (κ3) is 5.83. The number of imide groups is 1. The first-order valence-electron chi connectivity index (χ1n) is 15.1. The van der Waals surface area contributed by atoms with Gasteiger partial charge < -0.3 is 14.4 Å². The van der Waals surface area contributed by atoms with Gasteiger partial charge in [-0.05, 0) is 67.0 Å². The molecule has 3 aliphatic rings. The molecule has 6 rings (SSSR count). The summed E-state index contributed by atoms with van der Waals surface area (Å²) in [5.41, 5.74) is 2.34. The lowest BCUT2D eigenvalue weighted by molar-refractivity contribution is 0.0572. The predicted molar refractivity (Wildman–Crippen MR) is 169 cm³/mol. The Bertz CT molecular complexity index is 1620. The van der Waals surface area contributed by atoms with Gasteiger partial charge in [-0.15, -0.1) is 11.3 Å². The first kappa shape index (κ1) is 30.6. The minimum Gasteiger partial charge on any atom is -0.493 e. The van der Waals surface area contributed by atoms with Crippen LogP contribution in [0.15, 0.2) is 58.1 Å². The summed E-state index contributed by atoms with van der Waals surface area (Å²) in [6, 6.07) is 14.2. The fourth-order valence-corrected chi connectivity index (χ4v) is 8.52. The zero-order chi connectivity index (χ0) is 30.8. The number of piperazine rings is 1. The zero-order valence-corrected chi connectivity index (χ0v) is 26.7. The number of hydrogen-bond acceptors (Lipinski definition) is 9. The molecule has 0 bridgehead atoms. The second-order valence-electron chi connectivity index (χ2n) is 11.4. The van der Waals surface area contributed by atoms with E-state index in [4.69, 9.17) is 9.47 Å². The monoisotopic (exact) mass is 638 g/mol. The Hall–Kier alpha value is -3.45. The van der Waals surface area contributed by atoms with Crippen LogP contribution in [-0.4, -0.2) is 83.0 Å². The topological polar surface area (TPSA) is 108 Å². The molecule has 1 saturated carbocycles. The number of thiophene rings is 1. The summed E-state index contributed by atoms with van der Waals surface area (Å²) in [5, 5.41) is 1.71. The van der Waals surface area contributed by atoms with E-state index in [0.717, 1.165) is 43.2 Å². The molecular formula is C32H38N4O6S2. The van der Waals surface area contributed by atoms with Crippen molar-refractivity contribution in [3.05, 3.63) is 70.6 Å². The van der Waals surface area contributed by atoms with E-state index >= 15 is 0 Å². The largest absolute Gasteiger partial charge is 0.493 e. The fraction of sp³-hybridized carbons (Fsp3) is 0.438. The van der Waals surface area contributed by atoms with Crippen LogP contribution < -0.4 is 19.1 Å². The van der Waals surface area contributed by atoms with Crippen molar-refractivity contribution in [3.63, 3.8) is 0 Å². The fourth-order valence-electron chi connectivity index (χ4n) is 6.41. The van der Waals surface area contributed by atoms with Gasteiger partial charge in [0.05, 0.1) is 37.1 Å². The second kappa shape index (κ2) is 12.9. The third-order valence-electron chi connectivity index (χ3n) is 8.98. The summed E-state index contributed by atoms with van der Waals surface area (Å²) in [4.78, 5) is 34.3. The van der Waals surface area contributed by atoms with Crippen molar-refractivity contribution in [3.8, 4) is 11.5 Å². The highest BCUT2D eigenvalue weighted by atomic mass is 32.2. The van der Waals surface area contributed by atoms with Crippen LogP contribution in [0, 0.1) is 0 Å². The summed E-state index contributed by atoms with van der Waals surface area (Å²) in [6.07, 6.45) is 4.56. The van der Waals surface area contributed by atoms with E-state index in [1.165, 1.54) is 31.3 Å². The van der Waals surface area contributed by atoms with E-state index in [1.54, 1.807) is 42.8 Å². The molecule has 12 heteroatoms. The van der Waals surface area contributed by atoms with Crippen molar-refractivity contribution >= 4 is 38.9 Å². The Kier molecular flexibility index (Phi) is 8.95. The SMILES string of the molecule is COc1ccc([C@@H](CCCNS(=O)(=O)c2cccs2)N2C(=O)c3cccc(N4CCN(C5CCC5)CC4)c3C2=O)cc1OC. The number of anilines is 1. The summed E-state index contributed by atoms with van der Waals surface area (Å²) in [5.74, 6) is 0.333. The first-order chi connectivity index (χ1) is 21.3. The van der Waals surface area contributed by atoms with Crippen LogP contribution >= 0.6 is 11.3 Å². The maximum absolute atomic E-state index is 14.2. The lowest BCUT2D eigenvalue weighted by Crippen LogP contribution is -2.52. The standard InChI is InChI=1S/C32H38N4O6S2/c1-41-27-14-13-22(21-28(27)42-2)25(11-5-15-33-44(39,40)29-12-6-20-43-29)36-31(37)24-9-4-10-26(30(24)32(36)38)35-18-16-34(17-19-35)23-7-3-8-23/h4,6,9-10,12-14,20-21,23,25,33H,3,5,7-8,11,15-19H2,1-2H3/t25-/m1/s1. The molecule has 10 nitrogen and oxygen atoms in total. The van der Waals surface area contributed by atoms with Gasteiger partial charge in [0.2, 0.25) is 10.0 Å². The highest BCUT2D eigenvalue weighted by molar-refractivity contribution is 7.91. The van der Waals surface area contributed by atoms with Crippen molar-refractivity contribution in [1.29, 1.82) is 0 Å². The van der Waals surface area contributed by atoms with Gasteiger partial charge in [0.25, 0.3) is 11.8 Å². The van der Waals surface area contributed by atoms with E-state index < -0.39 is 16.1 Å². The number of carbonyl (C=O) groups excluding carboxylic acids is 2. The van der Waals surface area contributed by atoms with Gasteiger partial charge in [-0.3, -0.25) is 19.4 Å². The van der Waals surface area contributed by atoms with Gasteiger partial charge in [-0.1, -0.05) is 24.6 Å². The van der Waals surface area contributed by atoms with E-state index in [9.17, 15) is 18.0 Å². The molecule has 2 aliphatic heterocycles. The Morgan fingerprint density at radius 1 is 0.955 bits per heavy atom. The van der Waals surface area contributed by atoms with Gasteiger partial charge in [-0.2, -0.15) is 0 Å². The summed E-state index contributed by atoms with van der Waals surface area (Å²) in [7, 11) is -0.549. The molecular weight excluding hydrogens is 601 g/mol. The molecule has 0 spiro atoms. The van der Waals surface area contributed by atoms with E-state index in [-0.39, 0.29) is 22.6 Å². The number of rotatable bonds is 12. The second-order valence-corrected chi connectivity index (χ2v) is 14.3. The third-order valence-corrected chi connectivity index (χ3v) is 11.8. The quantitative estimate of drug-likeness (QED) is 0.228. The molecule has 0 unspecified atom stereocenters. The number of nitrogens with zero attached hydrogens (tertiary/aromatic N) is 3. The summed E-state index contributed by atoms with van der Waals surface area (Å²) >= 11 is 1.15. The molecule has 0 radical (unpaired) electrons. The lowest BCUT2D eigenvalue weighted by Gasteiger charge is -2.43. The minimum atomic E-state index is -3.63. The Balaban J connectivity index is 1.25. The first-order valence-corrected chi connectivity index (χ1v) is 17.4. The molecule has 1 saturated heterocycles. The van der Waals surface area contributed by atoms with Crippen molar-refractivity contribution in [2.45, 2.75) is 48.4 Å². The van der Waals surface area contributed by atoms with Gasteiger partial charge in [-0.25, -0.2) is 13.1 Å². The maximum Gasteiger partial charge on any atom is 0.264 e. The van der Waals surface area contributed by atoms with Gasteiger partial charge >= 0.3 is 0 Å². The Labute approximate surface area is 262 Å². The van der Waals surface area contributed by atoms with Crippen molar-refractivity contribution in [1.82, 2.24) is 14.5 Å². The lowest BCUT2D eigenvalue weighted by atomic mass is 9.91. The number of sulfonamides is 1. The smallest absolute Gasteiger partial charge is 0.264 e. The normalized spacial score (nSPS) is 18.3. The van der Waals surface area contributed by atoms with Crippen LogP contribution in [0.4, 0.5) is 5.69 Å².